The second kappa shape index (κ2) is 14.1. The normalized spacial score (nSPS) is 14.0. The third-order valence-corrected chi connectivity index (χ3v) is 6.78. The number of imidazole rings is 1. The Hall–Kier alpha value is -5.01. The summed E-state index contributed by atoms with van der Waals surface area (Å²) >= 11 is 0. The lowest BCUT2D eigenvalue weighted by molar-refractivity contribution is -0.142. The molecule has 220 valence electrons. The van der Waals surface area contributed by atoms with Crippen LogP contribution < -0.4 is 21.7 Å². The van der Waals surface area contributed by atoms with Crippen LogP contribution in [0.1, 0.15) is 16.8 Å². The molecule has 0 fully saturated rings. The van der Waals surface area contributed by atoms with E-state index in [1.54, 1.807) is 36.5 Å². The van der Waals surface area contributed by atoms with Gasteiger partial charge in [0.25, 0.3) is 0 Å². The van der Waals surface area contributed by atoms with Crippen molar-refractivity contribution in [2.45, 2.75) is 43.4 Å². The summed E-state index contributed by atoms with van der Waals surface area (Å²) in [6.45, 7) is -0.803. The number of carboxylic acid groups (broad SMARTS) is 1. The molecule has 13 heteroatoms. The fourth-order valence-electron chi connectivity index (χ4n) is 4.52. The fraction of sp³-hybridized carbons (Fsp3) is 0.276. The number of rotatable bonds is 14. The maximum atomic E-state index is 13.3. The minimum Gasteiger partial charge on any atom is -0.480 e. The first-order valence-electron chi connectivity index (χ1n) is 13.3. The predicted molar refractivity (Wildman–Crippen MR) is 153 cm³/mol. The molecule has 9 N–H and O–H groups in total. The van der Waals surface area contributed by atoms with Gasteiger partial charge in [0.1, 0.15) is 18.1 Å². The van der Waals surface area contributed by atoms with Crippen LogP contribution in [0.2, 0.25) is 0 Å². The second-order valence-corrected chi connectivity index (χ2v) is 9.85. The number of aliphatic hydroxyl groups excluding tert-OH is 1. The van der Waals surface area contributed by atoms with Crippen LogP contribution >= 0.6 is 0 Å². The molecule has 0 aliphatic carbocycles. The highest BCUT2D eigenvalue weighted by molar-refractivity contribution is 5.94. The molecule has 0 bridgehead atoms. The Morgan fingerprint density at radius 2 is 1.48 bits per heavy atom. The van der Waals surface area contributed by atoms with Crippen LogP contribution in [0.3, 0.4) is 0 Å². The van der Waals surface area contributed by atoms with E-state index in [1.807, 2.05) is 24.3 Å². The summed E-state index contributed by atoms with van der Waals surface area (Å²) in [6, 6.07) is 11.3. The van der Waals surface area contributed by atoms with E-state index in [1.165, 1.54) is 12.5 Å². The Labute approximate surface area is 240 Å². The lowest BCUT2D eigenvalue weighted by Crippen LogP contribution is -2.58. The van der Waals surface area contributed by atoms with E-state index in [2.05, 4.69) is 30.9 Å². The van der Waals surface area contributed by atoms with E-state index < -0.39 is 54.5 Å². The first kappa shape index (κ1) is 30.0. The first-order chi connectivity index (χ1) is 20.2. The summed E-state index contributed by atoms with van der Waals surface area (Å²) in [4.78, 5) is 61.1. The predicted octanol–water partition coefficient (Wildman–Crippen LogP) is -0.222. The van der Waals surface area contributed by atoms with Gasteiger partial charge in [-0.05, 0) is 17.2 Å². The number of aliphatic carboxylic acids is 1. The van der Waals surface area contributed by atoms with Crippen molar-refractivity contribution in [1.29, 1.82) is 0 Å². The van der Waals surface area contributed by atoms with Gasteiger partial charge in [0, 0.05) is 48.3 Å². The minimum atomic E-state index is -1.48. The van der Waals surface area contributed by atoms with Gasteiger partial charge in [-0.2, -0.15) is 0 Å². The molecular weight excluding hydrogens is 542 g/mol. The number of carbonyl (C=O) groups is 4. The average molecular weight is 576 g/mol. The van der Waals surface area contributed by atoms with Gasteiger partial charge < -0.3 is 41.9 Å². The molecule has 4 unspecified atom stereocenters. The molecule has 0 spiro atoms. The van der Waals surface area contributed by atoms with Gasteiger partial charge >= 0.3 is 5.97 Å². The number of fused-ring (bicyclic) bond motifs is 1. The molecule has 4 atom stereocenters. The summed E-state index contributed by atoms with van der Waals surface area (Å²) in [5.41, 5.74) is 8.91. The molecule has 0 radical (unpaired) electrons. The monoisotopic (exact) mass is 575 g/mol. The number of aliphatic hydroxyl groups is 1. The number of H-pyrrole nitrogens is 2. The summed E-state index contributed by atoms with van der Waals surface area (Å²) in [6.07, 6.45) is 4.87. The summed E-state index contributed by atoms with van der Waals surface area (Å²) in [5, 5.41) is 28.0. The smallest absolute Gasteiger partial charge is 0.326 e. The van der Waals surface area contributed by atoms with E-state index in [4.69, 9.17) is 5.73 Å². The molecular formula is C29H33N7O6. The number of benzene rings is 2. The van der Waals surface area contributed by atoms with Crippen LogP contribution in [0.5, 0.6) is 0 Å². The molecule has 0 aliphatic heterocycles. The van der Waals surface area contributed by atoms with Gasteiger partial charge in [0.15, 0.2) is 0 Å². The molecule has 0 saturated carbocycles. The van der Waals surface area contributed by atoms with Crippen LogP contribution in [0.25, 0.3) is 10.9 Å². The van der Waals surface area contributed by atoms with Crippen molar-refractivity contribution in [3.63, 3.8) is 0 Å². The third kappa shape index (κ3) is 7.80. The molecule has 2 heterocycles. The molecule has 13 nitrogen and oxygen atoms in total. The number of aromatic nitrogens is 3. The van der Waals surface area contributed by atoms with Gasteiger partial charge in [0.2, 0.25) is 17.7 Å². The van der Waals surface area contributed by atoms with Gasteiger partial charge in [0.05, 0.1) is 19.0 Å². The highest BCUT2D eigenvalue weighted by Crippen LogP contribution is 2.19. The Morgan fingerprint density at radius 3 is 2.17 bits per heavy atom. The Balaban J connectivity index is 1.44. The number of nitrogens with one attached hydrogen (secondary N) is 5. The number of nitrogens with two attached hydrogens (primary N) is 1. The summed E-state index contributed by atoms with van der Waals surface area (Å²) < 4.78 is 0. The van der Waals surface area contributed by atoms with Crippen molar-refractivity contribution in [1.82, 2.24) is 30.9 Å². The Morgan fingerprint density at radius 1 is 0.810 bits per heavy atom. The van der Waals surface area contributed by atoms with E-state index in [0.717, 1.165) is 16.5 Å². The number of hydrogen-bond donors (Lipinski definition) is 8. The third-order valence-electron chi connectivity index (χ3n) is 6.78. The number of aromatic amines is 2. The molecule has 0 aliphatic rings. The fourth-order valence-corrected chi connectivity index (χ4v) is 4.52. The first-order valence-corrected chi connectivity index (χ1v) is 13.3. The van der Waals surface area contributed by atoms with Crippen molar-refractivity contribution < 1.29 is 29.4 Å². The largest absolute Gasteiger partial charge is 0.480 e. The Kier molecular flexibility index (Phi) is 10.0. The quantitative estimate of drug-likeness (QED) is 0.100. The van der Waals surface area contributed by atoms with Gasteiger partial charge in [-0.1, -0.05) is 48.5 Å². The SMILES string of the molecule is NC(Cc1cnc[nH]1)C(=O)NC(Cc1ccccc1)C(=O)NC(CO)C(=O)NC(Cc1c[nH]c2ccccc12)C(=O)O. The standard InChI is InChI=1S/C29H33N7O6/c30-21(12-19-14-31-16-33-19)26(38)34-23(10-17-6-2-1-3-7-17)27(39)36-25(15-37)28(40)35-24(29(41)42)11-18-13-32-22-9-5-4-8-20(18)22/h1-9,13-14,16,21,23-25,32,37H,10-12,15,30H2,(H,31,33)(H,34,38)(H,35,40)(H,36,39)(H,41,42). The second-order valence-electron chi connectivity index (χ2n) is 9.85. The van der Waals surface area contributed by atoms with Gasteiger partial charge in [-0.3, -0.25) is 14.4 Å². The molecule has 3 amide bonds. The van der Waals surface area contributed by atoms with Crippen LogP contribution in [0.15, 0.2) is 73.3 Å². The van der Waals surface area contributed by atoms with Gasteiger partial charge in [-0.15, -0.1) is 0 Å². The minimum absolute atomic E-state index is 0.0297. The van der Waals surface area contributed by atoms with Crippen molar-refractivity contribution in [3.05, 3.63) is 90.1 Å². The van der Waals surface area contributed by atoms with Crippen molar-refractivity contribution in [3.8, 4) is 0 Å². The molecule has 4 rings (SSSR count). The topological polar surface area (TPSA) is 215 Å². The molecule has 42 heavy (non-hydrogen) atoms. The van der Waals surface area contributed by atoms with Crippen LogP contribution in [0, 0.1) is 0 Å². The number of carbonyl (C=O) groups excluding carboxylic acids is 3. The van der Waals surface area contributed by atoms with Crippen molar-refractivity contribution >= 4 is 34.6 Å². The lowest BCUT2D eigenvalue weighted by Gasteiger charge is -2.24. The van der Waals surface area contributed by atoms with E-state index in [-0.39, 0.29) is 19.3 Å². The number of nitrogens with zero attached hydrogens (tertiary/aromatic N) is 1. The maximum absolute atomic E-state index is 13.3. The summed E-state index contributed by atoms with van der Waals surface area (Å²) in [7, 11) is 0. The highest BCUT2D eigenvalue weighted by Gasteiger charge is 2.30. The van der Waals surface area contributed by atoms with Crippen LogP contribution in [-0.2, 0) is 38.4 Å². The number of amides is 3. The molecule has 2 aromatic carbocycles. The maximum Gasteiger partial charge on any atom is 0.326 e. The molecule has 2 aromatic heterocycles. The van der Waals surface area contributed by atoms with E-state index in [0.29, 0.717) is 11.3 Å². The highest BCUT2D eigenvalue weighted by atomic mass is 16.4. The van der Waals surface area contributed by atoms with Gasteiger partial charge in [-0.25, -0.2) is 9.78 Å². The zero-order valence-electron chi connectivity index (χ0n) is 22.6. The lowest BCUT2D eigenvalue weighted by atomic mass is 10.0. The number of hydrogen-bond acceptors (Lipinski definition) is 7. The van der Waals surface area contributed by atoms with Crippen LogP contribution in [-0.4, -0.2) is 79.6 Å². The molecule has 0 saturated heterocycles. The zero-order valence-corrected chi connectivity index (χ0v) is 22.6. The van der Waals surface area contributed by atoms with Crippen molar-refractivity contribution in [2.75, 3.05) is 6.61 Å². The average Bonchev–Trinajstić information content (AvgIpc) is 3.65. The Bertz CT molecular complexity index is 1510. The molecule has 4 aromatic rings. The van der Waals surface area contributed by atoms with E-state index >= 15 is 0 Å². The number of para-hydroxylation sites is 1. The van der Waals surface area contributed by atoms with Crippen LogP contribution in [0.4, 0.5) is 0 Å². The summed E-state index contributed by atoms with van der Waals surface area (Å²) in [5.74, 6) is -3.52. The zero-order chi connectivity index (χ0) is 30.1. The van der Waals surface area contributed by atoms with Crippen molar-refractivity contribution in [2.24, 2.45) is 5.73 Å². The van der Waals surface area contributed by atoms with E-state index in [9.17, 15) is 29.4 Å². The number of carboxylic acids is 1.